The molecule has 0 spiro atoms. The van der Waals surface area contributed by atoms with Gasteiger partial charge in [0.2, 0.25) is 10.0 Å². The van der Waals surface area contributed by atoms with Crippen molar-refractivity contribution in [2.24, 2.45) is 0 Å². The van der Waals surface area contributed by atoms with Gasteiger partial charge in [-0.05, 0) is 25.1 Å². The summed E-state index contributed by atoms with van der Waals surface area (Å²) in [5.41, 5.74) is 1.25. The fourth-order valence-corrected chi connectivity index (χ4v) is 3.76. The average molecular weight is 348 g/mol. The number of para-hydroxylation sites is 1. The molecule has 2 heterocycles. The highest BCUT2D eigenvalue weighted by atomic mass is 32.2. The molecule has 0 unspecified atom stereocenters. The SMILES string of the molecule is CCS(=O)(=O)N1CCN(C(=O)c2ccn(-c3ccccc3)n2)CC1. The van der Waals surface area contributed by atoms with Crippen LogP contribution in [0, 0.1) is 0 Å². The Balaban J connectivity index is 1.67. The van der Waals surface area contributed by atoms with Gasteiger partial charge in [0.15, 0.2) is 5.69 Å². The molecule has 1 aromatic heterocycles. The summed E-state index contributed by atoms with van der Waals surface area (Å²) in [6, 6.07) is 11.2. The largest absolute Gasteiger partial charge is 0.335 e. The second-order valence-corrected chi connectivity index (χ2v) is 7.83. The van der Waals surface area contributed by atoms with Crippen LogP contribution in [0.3, 0.4) is 0 Å². The van der Waals surface area contributed by atoms with E-state index in [2.05, 4.69) is 5.10 Å². The van der Waals surface area contributed by atoms with Crippen molar-refractivity contribution < 1.29 is 13.2 Å². The standard InChI is InChI=1S/C16H20N4O3S/c1-2-24(22,23)19-12-10-18(11-13-19)16(21)15-8-9-20(17-15)14-6-4-3-5-7-14/h3-9H,2,10-13H2,1H3. The number of carbonyl (C=O) groups is 1. The zero-order chi connectivity index (χ0) is 17.2. The summed E-state index contributed by atoms with van der Waals surface area (Å²) in [4.78, 5) is 14.2. The van der Waals surface area contributed by atoms with E-state index in [0.717, 1.165) is 5.69 Å². The molecule has 7 nitrogen and oxygen atoms in total. The maximum atomic E-state index is 12.6. The number of hydrogen-bond acceptors (Lipinski definition) is 4. The maximum absolute atomic E-state index is 12.6. The lowest BCUT2D eigenvalue weighted by Gasteiger charge is -2.33. The average Bonchev–Trinajstić information content (AvgIpc) is 3.12. The van der Waals surface area contributed by atoms with Crippen molar-refractivity contribution >= 4 is 15.9 Å². The van der Waals surface area contributed by atoms with Gasteiger partial charge in [-0.1, -0.05) is 18.2 Å². The smallest absolute Gasteiger partial charge is 0.274 e. The van der Waals surface area contributed by atoms with Crippen LogP contribution >= 0.6 is 0 Å². The number of piperazine rings is 1. The number of hydrogen-bond donors (Lipinski definition) is 0. The van der Waals surface area contributed by atoms with E-state index in [0.29, 0.717) is 31.9 Å². The Morgan fingerprint density at radius 2 is 1.75 bits per heavy atom. The van der Waals surface area contributed by atoms with E-state index in [4.69, 9.17) is 0 Å². The first-order valence-electron chi connectivity index (χ1n) is 7.89. The topological polar surface area (TPSA) is 75.5 Å². The minimum atomic E-state index is -3.19. The highest BCUT2D eigenvalue weighted by Crippen LogP contribution is 2.12. The van der Waals surface area contributed by atoms with Crippen LogP contribution in [0.2, 0.25) is 0 Å². The first kappa shape index (κ1) is 16.7. The summed E-state index contributed by atoms with van der Waals surface area (Å²) in [7, 11) is -3.19. The Morgan fingerprint density at radius 1 is 1.08 bits per heavy atom. The summed E-state index contributed by atoms with van der Waals surface area (Å²) >= 11 is 0. The summed E-state index contributed by atoms with van der Waals surface area (Å²) in [6.07, 6.45) is 1.75. The van der Waals surface area contributed by atoms with Crippen molar-refractivity contribution in [1.82, 2.24) is 19.0 Å². The third kappa shape index (κ3) is 3.34. The monoisotopic (exact) mass is 348 g/mol. The highest BCUT2D eigenvalue weighted by Gasteiger charge is 2.28. The maximum Gasteiger partial charge on any atom is 0.274 e. The molecular weight excluding hydrogens is 328 g/mol. The number of sulfonamides is 1. The van der Waals surface area contributed by atoms with Crippen LogP contribution in [0.1, 0.15) is 17.4 Å². The van der Waals surface area contributed by atoms with E-state index in [1.54, 1.807) is 28.8 Å². The van der Waals surface area contributed by atoms with Gasteiger partial charge in [0, 0.05) is 32.4 Å². The number of amides is 1. The van der Waals surface area contributed by atoms with Crippen molar-refractivity contribution in [3.05, 3.63) is 48.3 Å². The Morgan fingerprint density at radius 3 is 2.38 bits per heavy atom. The molecular formula is C16H20N4O3S. The second-order valence-electron chi connectivity index (χ2n) is 5.57. The predicted octanol–water partition coefficient (Wildman–Crippen LogP) is 0.980. The molecule has 3 rings (SSSR count). The predicted molar refractivity (Wildman–Crippen MR) is 90.5 cm³/mol. The van der Waals surface area contributed by atoms with Crippen molar-refractivity contribution in [1.29, 1.82) is 0 Å². The number of carbonyl (C=O) groups excluding carboxylic acids is 1. The van der Waals surface area contributed by atoms with Crippen LogP contribution in [0.25, 0.3) is 5.69 Å². The molecule has 0 atom stereocenters. The fraction of sp³-hybridized carbons (Fsp3) is 0.375. The summed E-state index contributed by atoms with van der Waals surface area (Å²) < 4.78 is 26.8. The number of aromatic nitrogens is 2. The van der Waals surface area contributed by atoms with E-state index in [1.807, 2.05) is 30.3 Å². The van der Waals surface area contributed by atoms with E-state index in [1.165, 1.54) is 4.31 Å². The van der Waals surface area contributed by atoms with Gasteiger partial charge in [-0.3, -0.25) is 4.79 Å². The molecule has 0 N–H and O–H groups in total. The first-order valence-corrected chi connectivity index (χ1v) is 9.50. The third-order valence-electron chi connectivity index (χ3n) is 4.11. The van der Waals surface area contributed by atoms with Crippen LogP contribution in [0.5, 0.6) is 0 Å². The molecule has 0 bridgehead atoms. The molecule has 2 aromatic rings. The lowest BCUT2D eigenvalue weighted by atomic mass is 10.3. The van der Waals surface area contributed by atoms with E-state index in [-0.39, 0.29) is 11.7 Å². The molecule has 1 aromatic carbocycles. The minimum absolute atomic E-state index is 0.0857. The van der Waals surface area contributed by atoms with Crippen LogP contribution in [-0.2, 0) is 10.0 Å². The zero-order valence-corrected chi connectivity index (χ0v) is 14.3. The quantitative estimate of drug-likeness (QED) is 0.825. The number of benzene rings is 1. The third-order valence-corrected chi connectivity index (χ3v) is 5.99. The van der Waals surface area contributed by atoms with Crippen molar-refractivity contribution in [3.63, 3.8) is 0 Å². The summed E-state index contributed by atoms with van der Waals surface area (Å²) in [5.74, 6) is -0.0826. The summed E-state index contributed by atoms with van der Waals surface area (Å²) in [5, 5.41) is 4.33. The van der Waals surface area contributed by atoms with Gasteiger partial charge in [-0.15, -0.1) is 0 Å². The van der Waals surface area contributed by atoms with Crippen molar-refractivity contribution in [2.75, 3.05) is 31.9 Å². The van der Waals surface area contributed by atoms with E-state index in [9.17, 15) is 13.2 Å². The van der Waals surface area contributed by atoms with Crippen LogP contribution in [0.4, 0.5) is 0 Å². The van der Waals surface area contributed by atoms with Gasteiger partial charge in [0.05, 0.1) is 11.4 Å². The van der Waals surface area contributed by atoms with E-state index < -0.39 is 10.0 Å². The lowest BCUT2D eigenvalue weighted by molar-refractivity contribution is 0.0691. The fourth-order valence-electron chi connectivity index (χ4n) is 2.68. The highest BCUT2D eigenvalue weighted by molar-refractivity contribution is 7.89. The molecule has 0 radical (unpaired) electrons. The molecule has 1 aliphatic heterocycles. The van der Waals surface area contributed by atoms with Crippen LogP contribution < -0.4 is 0 Å². The van der Waals surface area contributed by atoms with Crippen LogP contribution in [-0.4, -0.2) is 65.2 Å². The number of nitrogens with zero attached hydrogens (tertiary/aromatic N) is 4. The van der Waals surface area contributed by atoms with Gasteiger partial charge in [0.1, 0.15) is 0 Å². The van der Waals surface area contributed by atoms with Crippen LogP contribution in [0.15, 0.2) is 42.6 Å². The van der Waals surface area contributed by atoms with Gasteiger partial charge in [-0.25, -0.2) is 13.1 Å². The molecule has 128 valence electrons. The van der Waals surface area contributed by atoms with Gasteiger partial charge >= 0.3 is 0 Å². The van der Waals surface area contributed by atoms with Gasteiger partial charge < -0.3 is 4.90 Å². The second kappa shape index (κ2) is 6.74. The van der Waals surface area contributed by atoms with Gasteiger partial charge in [-0.2, -0.15) is 9.40 Å². The molecule has 1 amide bonds. The zero-order valence-electron chi connectivity index (χ0n) is 13.5. The molecule has 0 aliphatic carbocycles. The summed E-state index contributed by atoms with van der Waals surface area (Å²) in [6.45, 7) is 3.07. The van der Waals surface area contributed by atoms with E-state index >= 15 is 0 Å². The molecule has 1 aliphatic rings. The minimum Gasteiger partial charge on any atom is -0.335 e. The molecule has 0 saturated carbocycles. The molecule has 24 heavy (non-hydrogen) atoms. The Bertz CT molecular complexity index is 809. The normalized spacial score (nSPS) is 16.3. The molecule has 1 fully saturated rings. The van der Waals surface area contributed by atoms with Crippen molar-refractivity contribution in [2.45, 2.75) is 6.92 Å². The lowest BCUT2D eigenvalue weighted by Crippen LogP contribution is -2.50. The Kier molecular flexibility index (Phi) is 4.68. The number of rotatable bonds is 4. The van der Waals surface area contributed by atoms with Gasteiger partial charge in [0.25, 0.3) is 5.91 Å². The molecule has 8 heteroatoms. The first-order chi connectivity index (χ1) is 11.5. The Hall–Kier alpha value is -2.19. The molecule has 1 saturated heterocycles. The van der Waals surface area contributed by atoms with Crippen molar-refractivity contribution in [3.8, 4) is 5.69 Å². The Labute approximate surface area is 141 Å².